The molecule has 1 heterocycles. The SMILES string of the molecule is CCCc1ccc(C(=O)N2CCC(N)C2(C)C)cc1. The first-order chi connectivity index (χ1) is 8.96. The highest BCUT2D eigenvalue weighted by molar-refractivity contribution is 5.95. The van der Waals surface area contributed by atoms with Crippen molar-refractivity contribution in [3.63, 3.8) is 0 Å². The first-order valence-electron chi connectivity index (χ1n) is 7.13. The molecule has 104 valence electrons. The highest BCUT2D eigenvalue weighted by Gasteiger charge is 2.41. The third-order valence-corrected chi connectivity index (χ3v) is 4.25. The number of nitrogens with zero attached hydrogens (tertiary/aromatic N) is 1. The number of benzene rings is 1. The summed E-state index contributed by atoms with van der Waals surface area (Å²) >= 11 is 0. The van der Waals surface area contributed by atoms with Crippen LogP contribution in [0.15, 0.2) is 24.3 Å². The number of likely N-dealkylation sites (tertiary alicyclic amines) is 1. The second-order valence-corrected chi connectivity index (χ2v) is 5.95. The maximum Gasteiger partial charge on any atom is 0.254 e. The van der Waals surface area contributed by atoms with Crippen LogP contribution in [0.2, 0.25) is 0 Å². The number of aryl methyl sites for hydroxylation is 1. The highest BCUT2D eigenvalue weighted by atomic mass is 16.2. The molecule has 1 aromatic rings. The van der Waals surface area contributed by atoms with Crippen LogP contribution in [-0.4, -0.2) is 28.9 Å². The Morgan fingerprint density at radius 2 is 2.00 bits per heavy atom. The van der Waals surface area contributed by atoms with Crippen LogP contribution in [-0.2, 0) is 6.42 Å². The molecule has 0 spiro atoms. The molecule has 1 saturated heterocycles. The molecule has 1 unspecified atom stereocenters. The molecule has 3 nitrogen and oxygen atoms in total. The van der Waals surface area contributed by atoms with Crippen LogP contribution >= 0.6 is 0 Å². The third-order valence-electron chi connectivity index (χ3n) is 4.25. The Morgan fingerprint density at radius 3 is 2.47 bits per heavy atom. The standard InChI is InChI=1S/C16H24N2O/c1-4-5-12-6-8-13(9-7-12)15(19)18-11-10-14(17)16(18,2)3/h6-9,14H,4-5,10-11,17H2,1-3H3. The highest BCUT2D eigenvalue weighted by Crippen LogP contribution is 2.29. The molecule has 1 aliphatic rings. The van der Waals surface area contributed by atoms with Crippen LogP contribution < -0.4 is 5.73 Å². The second-order valence-electron chi connectivity index (χ2n) is 5.95. The number of amides is 1. The number of carbonyl (C=O) groups excluding carboxylic acids is 1. The van der Waals surface area contributed by atoms with E-state index in [-0.39, 0.29) is 17.5 Å². The van der Waals surface area contributed by atoms with Gasteiger partial charge in [-0.15, -0.1) is 0 Å². The van der Waals surface area contributed by atoms with E-state index < -0.39 is 0 Å². The summed E-state index contributed by atoms with van der Waals surface area (Å²) in [5, 5.41) is 0. The number of carbonyl (C=O) groups is 1. The van der Waals surface area contributed by atoms with Crippen molar-refractivity contribution < 1.29 is 4.79 Å². The second kappa shape index (κ2) is 5.33. The van der Waals surface area contributed by atoms with Crippen molar-refractivity contribution in [2.45, 2.75) is 51.6 Å². The Hall–Kier alpha value is -1.35. The van der Waals surface area contributed by atoms with Gasteiger partial charge in [0.05, 0.1) is 5.54 Å². The molecule has 0 bridgehead atoms. The number of hydrogen-bond acceptors (Lipinski definition) is 2. The summed E-state index contributed by atoms with van der Waals surface area (Å²) in [5.41, 5.74) is 7.89. The van der Waals surface area contributed by atoms with Crippen LogP contribution in [0.5, 0.6) is 0 Å². The van der Waals surface area contributed by atoms with Crippen LogP contribution in [0.25, 0.3) is 0 Å². The molecule has 0 radical (unpaired) electrons. The summed E-state index contributed by atoms with van der Waals surface area (Å²) in [5.74, 6) is 0.0981. The number of hydrogen-bond donors (Lipinski definition) is 1. The summed E-state index contributed by atoms with van der Waals surface area (Å²) < 4.78 is 0. The molecule has 19 heavy (non-hydrogen) atoms. The van der Waals surface area contributed by atoms with Gasteiger partial charge in [-0.2, -0.15) is 0 Å². The molecular weight excluding hydrogens is 236 g/mol. The zero-order chi connectivity index (χ0) is 14.0. The number of rotatable bonds is 3. The maximum absolute atomic E-state index is 12.5. The van der Waals surface area contributed by atoms with Gasteiger partial charge in [0.1, 0.15) is 0 Å². The molecule has 0 aromatic heterocycles. The van der Waals surface area contributed by atoms with Crippen molar-refractivity contribution in [3.05, 3.63) is 35.4 Å². The maximum atomic E-state index is 12.5. The largest absolute Gasteiger partial charge is 0.332 e. The smallest absolute Gasteiger partial charge is 0.254 e. The van der Waals surface area contributed by atoms with E-state index in [1.54, 1.807) is 0 Å². The van der Waals surface area contributed by atoms with E-state index in [4.69, 9.17) is 5.73 Å². The van der Waals surface area contributed by atoms with Gasteiger partial charge in [0.25, 0.3) is 5.91 Å². The van der Waals surface area contributed by atoms with Crippen LogP contribution in [0.3, 0.4) is 0 Å². The van der Waals surface area contributed by atoms with Gasteiger partial charge in [0, 0.05) is 18.2 Å². The third kappa shape index (κ3) is 2.66. The monoisotopic (exact) mass is 260 g/mol. The molecule has 2 N–H and O–H groups in total. The lowest BCUT2D eigenvalue weighted by Gasteiger charge is -2.34. The fraction of sp³-hybridized carbons (Fsp3) is 0.562. The van der Waals surface area contributed by atoms with E-state index >= 15 is 0 Å². The summed E-state index contributed by atoms with van der Waals surface area (Å²) in [6.07, 6.45) is 3.07. The van der Waals surface area contributed by atoms with Gasteiger partial charge in [-0.3, -0.25) is 4.79 Å². The zero-order valence-electron chi connectivity index (χ0n) is 12.1. The molecule has 0 saturated carbocycles. The van der Waals surface area contributed by atoms with Crippen LogP contribution in [0.1, 0.15) is 49.5 Å². The predicted octanol–water partition coefficient (Wildman–Crippen LogP) is 2.59. The molecule has 0 aliphatic carbocycles. The Kier molecular flexibility index (Phi) is 3.95. The molecule has 3 heteroatoms. The van der Waals surface area contributed by atoms with Gasteiger partial charge in [0.2, 0.25) is 0 Å². The number of nitrogens with two attached hydrogens (primary N) is 1. The van der Waals surface area contributed by atoms with Crippen molar-refractivity contribution in [1.29, 1.82) is 0 Å². The predicted molar refractivity (Wildman–Crippen MR) is 78.1 cm³/mol. The molecular formula is C16H24N2O. The molecule has 2 rings (SSSR count). The average Bonchev–Trinajstić information content (AvgIpc) is 2.65. The fourth-order valence-electron chi connectivity index (χ4n) is 2.73. The Labute approximate surface area is 115 Å². The molecule has 1 fully saturated rings. The summed E-state index contributed by atoms with van der Waals surface area (Å²) in [7, 11) is 0. The normalized spacial score (nSPS) is 21.7. The van der Waals surface area contributed by atoms with Crippen molar-refractivity contribution in [2.75, 3.05) is 6.54 Å². The van der Waals surface area contributed by atoms with E-state index in [1.807, 2.05) is 30.9 Å². The zero-order valence-corrected chi connectivity index (χ0v) is 12.1. The molecule has 1 amide bonds. The first kappa shape index (κ1) is 14.1. The Morgan fingerprint density at radius 1 is 1.37 bits per heavy atom. The van der Waals surface area contributed by atoms with E-state index in [2.05, 4.69) is 19.1 Å². The quantitative estimate of drug-likeness (QED) is 0.908. The summed E-state index contributed by atoms with van der Waals surface area (Å²) in [4.78, 5) is 14.5. The lowest BCUT2D eigenvalue weighted by Crippen LogP contribution is -2.51. The van der Waals surface area contributed by atoms with Crippen molar-refractivity contribution in [1.82, 2.24) is 4.90 Å². The van der Waals surface area contributed by atoms with E-state index in [9.17, 15) is 4.79 Å². The minimum Gasteiger partial charge on any atom is -0.332 e. The molecule has 1 aliphatic heterocycles. The van der Waals surface area contributed by atoms with Gasteiger partial charge in [-0.1, -0.05) is 25.5 Å². The molecule has 1 atom stereocenters. The van der Waals surface area contributed by atoms with Crippen molar-refractivity contribution in [3.8, 4) is 0 Å². The average molecular weight is 260 g/mol. The van der Waals surface area contributed by atoms with E-state index in [0.29, 0.717) is 0 Å². The van der Waals surface area contributed by atoms with Crippen LogP contribution in [0, 0.1) is 0 Å². The van der Waals surface area contributed by atoms with Gasteiger partial charge in [-0.25, -0.2) is 0 Å². The van der Waals surface area contributed by atoms with Crippen LogP contribution in [0.4, 0.5) is 0 Å². The van der Waals surface area contributed by atoms with E-state index in [1.165, 1.54) is 5.56 Å². The first-order valence-corrected chi connectivity index (χ1v) is 7.13. The lowest BCUT2D eigenvalue weighted by molar-refractivity contribution is 0.0637. The van der Waals surface area contributed by atoms with Gasteiger partial charge < -0.3 is 10.6 Å². The Bertz CT molecular complexity index is 450. The summed E-state index contributed by atoms with van der Waals surface area (Å²) in [6, 6.07) is 8.05. The van der Waals surface area contributed by atoms with Gasteiger partial charge in [0.15, 0.2) is 0 Å². The van der Waals surface area contributed by atoms with Crippen molar-refractivity contribution in [2.24, 2.45) is 5.73 Å². The summed E-state index contributed by atoms with van der Waals surface area (Å²) in [6.45, 7) is 7.01. The minimum absolute atomic E-state index is 0.0656. The van der Waals surface area contributed by atoms with Crippen molar-refractivity contribution >= 4 is 5.91 Å². The fourth-order valence-corrected chi connectivity index (χ4v) is 2.73. The minimum atomic E-state index is -0.251. The lowest BCUT2D eigenvalue weighted by atomic mass is 9.96. The van der Waals surface area contributed by atoms with E-state index in [0.717, 1.165) is 31.4 Å². The molecule has 1 aromatic carbocycles. The van der Waals surface area contributed by atoms with Gasteiger partial charge >= 0.3 is 0 Å². The van der Waals surface area contributed by atoms with Gasteiger partial charge in [-0.05, 0) is 44.4 Å². The Balaban J connectivity index is 2.16. The topological polar surface area (TPSA) is 46.3 Å².